The molecule has 3 aromatic rings. The lowest BCUT2D eigenvalue weighted by Crippen LogP contribution is -2.30. The summed E-state index contributed by atoms with van der Waals surface area (Å²) >= 11 is 1.35. The molecule has 140 valence electrons. The lowest BCUT2D eigenvalue weighted by Gasteiger charge is -2.21. The maximum absolute atomic E-state index is 13.3. The molecule has 4 rings (SSSR count). The van der Waals surface area contributed by atoms with Crippen LogP contribution in [0.3, 0.4) is 0 Å². The van der Waals surface area contributed by atoms with Crippen LogP contribution in [0.1, 0.15) is 46.4 Å². The molecule has 0 N–H and O–H groups in total. The fraction of sp³-hybridized carbons (Fsp3) is 0.381. The maximum atomic E-state index is 13.3. The third kappa shape index (κ3) is 2.98. The molecule has 0 saturated heterocycles. The Bertz CT molecular complexity index is 1100. The largest absolute Gasteiger partial charge is 0.308 e. The van der Waals surface area contributed by atoms with Crippen LogP contribution < -0.4 is 10.5 Å². The molecule has 0 aliphatic carbocycles. The molecule has 1 aliphatic heterocycles. The van der Waals surface area contributed by atoms with Gasteiger partial charge in [-0.15, -0.1) is 11.3 Å². The second-order valence-corrected chi connectivity index (χ2v) is 8.07. The summed E-state index contributed by atoms with van der Waals surface area (Å²) in [5.41, 5.74) is 2.74. The van der Waals surface area contributed by atoms with Gasteiger partial charge < -0.3 is 4.90 Å². The van der Waals surface area contributed by atoms with Gasteiger partial charge >= 0.3 is 0 Å². The Morgan fingerprint density at radius 2 is 2.11 bits per heavy atom. The molecule has 0 unspecified atom stereocenters. The first kappa shape index (κ1) is 17.9. The Kier molecular flexibility index (Phi) is 4.60. The maximum Gasteiger partial charge on any atom is 0.268 e. The molecule has 2 aromatic heterocycles. The van der Waals surface area contributed by atoms with Crippen LogP contribution in [-0.4, -0.2) is 22.0 Å². The highest BCUT2D eigenvalue weighted by Gasteiger charge is 2.25. The van der Waals surface area contributed by atoms with E-state index in [4.69, 9.17) is 4.98 Å². The Labute approximate surface area is 162 Å². The van der Waals surface area contributed by atoms with E-state index >= 15 is 0 Å². The van der Waals surface area contributed by atoms with E-state index < -0.39 is 0 Å². The second kappa shape index (κ2) is 6.93. The molecule has 5 nitrogen and oxygen atoms in total. The number of aryl methyl sites for hydroxylation is 3. The minimum absolute atomic E-state index is 0.00102. The van der Waals surface area contributed by atoms with Gasteiger partial charge in [-0.3, -0.25) is 14.2 Å². The zero-order valence-corrected chi connectivity index (χ0v) is 16.7. The molecular weight excluding hydrogens is 358 g/mol. The highest BCUT2D eigenvalue weighted by Crippen LogP contribution is 2.31. The number of carbonyl (C=O) groups is 1. The summed E-state index contributed by atoms with van der Waals surface area (Å²) in [4.78, 5) is 34.1. The molecule has 3 heterocycles. The Balaban J connectivity index is 1.83. The van der Waals surface area contributed by atoms with E-state index in [2.05, 4.69) is 0 Å². The van der Waals surface area contributed by atoms with Gasteiger partial charge in [-0.1, -0.05) is 12.1 Å². The predicted octanol–water partition coefficient (Wildman–Crippen LogP) is 4.08. The van der Waals surface area contributed by atoms with Crippen LogP contribution in [0.25, 0.3) is 10.2 Å². The quantitative estimate of drug-likeness (QED) is 0.687. The second-order valence-electron chi connectivity index (χ2n) is 7.07. The molecule has 6 heteroatoms. The van der Waals surface area contributed by atoms with Crippen molar-refractivity contribution >= 4 is 33.1 Å². The third-order valence-corrected chi connectivity index (χ3v) is 6.40. The molecule has 0 fully saturated rings. The number of amides is 1. The van der Waals surface area contributed by atoms with Gasteiger partial charge in [0.2, 0.25) is 0 Å². The average Bonchev–Trinajstić information content (AvgIpc) is 2.99. The van der Waals surface area contributed by atoms with Crippen LogP contribution in [0.2, 0.25) is 0 Å². The van der Waals surface area contributed by atoms with E-state index in [0.717, 1.165) is 48.4 Å². The van der Waals surface area contributed by atoms with Gasteiger partial charge in [0.1, 0.15) is 10.7 Å². The molecule has 27 heavy (non-hydrogen) atoms. The van der Waals surface area contributed by atoms with Crippen molar-refractivity contribution in [3.63, 3.8) is 0 Å². The molecular formula is C21H23N3O2S. The first-order chi connectivity index (χ1) is 13.0. The SMILES string of the molecule is CCN(C(=O)c1sc2nc3n(c(=O)c2c1C)CCCC3)c1cccc(C)c1. The van der Waals surface area contributed by atoms with Gasteiger partial charge in [0.25, 0.3) is 11.5 Å². The van der Waals surface area contributed by atoms with Crippen LogP contribution in [0.15, 0.2) is 29.1 Å². The van der Waals surface area contributed by atoms with Gasteiger partial charge in [-0.05, 0) is 56.9 Å². The van der Waals surface area contributed by atoms with Crippen molar-refractivity contribution in [2.24, 2.45) is 0 Å². The van der Waals surface area contributed by atoms with Crippen molar-refractivity contribution in [3.8, 4) is 0 Å². The van der Waals surface area contributed by atoms with E-state index in [1.807, 2.05) is 45.0 Å². The zero-order chi connectivity index (χ0) is 19.1. The summed E-state index contributed by atoms with van der Waals surface area (Å²) in [5.74, 6) is 0.788. The van der Waals surface area contributed by atoms with Crippen molar-refractivity contribution in [1.29, 1.82) is 0 Å². The van der Waals surface area contributed by atoms with E-state index in [0.29, 0.717) is 21.6 Å². The standard InChI is InChI=1S/C21H23N3O2S/c1-4-23(15-9-7-8-13(2)12-15)21(26)18-14(3)17-19(27-18)22-16-10-5-6-11-24(16)20(17)25/h7-9,12H,4-6,10-11H2,1-3H3. The van der Waals surface area contributed by atoms with Crippen molar-refractivity contribution in [3.05, 3.63) is 56.4 Å². The summed E-state index contributed by atoms with van der Waals surface area (Å²) in [5, 5.41) is 0.606. The number of thiophene rings is 1. The number of hydrogen-bond acceptors (Lipinski definition) is 4. The van der Waals surface area contributed by atoms with Gasteiger partial charge in [0, 0.05) is 25.2 Å². The Morgan fingerprint density at radius 1 is 1.30 bits per heavy atom. The van der Waals surface area contributed by atoms with Crippen molar-refractivity contribution in [2.45, 2.75) is 46.6 Å². The van der Waals surface area contributed by atoms with E-state index in [1.54, 1.807) is 9.47 Å². The van der Waals surface area contributed by atoms with Crippen LogP contribution in [0.4, 0.5) is 5.69 Å². The summed E-state index contributed by atoms with van der Waals surface area (Å²) in [6.45, 7) is 7.14. The number of fused-ring (bicyclic) bond motifs is 2. The highest BCUT2D eigenvalue weighted by atomic mass is 32.1. The number of nitrogens with zero attached hydrogens (tertiary/aromatic N) is 3. The molecule has 0 bridgehead atoms. The lowest BCUT2D eigenvalue weighted by atomic mass is 10.1. The zero-order valence-electron chi connectivity index (χ0n) is 15.9. The van der Waals surface area contributed by atoms with Gasteiger partial charge in [-0.2, -0.15) is 0 Å². The van der Waals surface area contributed by atoms with Gasteiger partial charge in [-0.25, -0.2) is 4.98 Å². The van der Waals surface area contributed by atoms with E-state index in [9.17, 15) is 9.59 Å². The average molecular weight is 382 g/mol. The van der Waals surface area contributed by atoms with Crippen LogP contribution in [0.5, 0.6) is 0 Å². The number of aromatic nitrogens is 2. The molecule has 1 aromatic carbocycles. The highest BCUT2D eigenvalue weighted by molar-refractivity contribution is 7.20. The molecule has 0 atom stereocenters. The van der Waals surface area contributed by atoms with Crippen molar-refractivity contribution in [2.75, 3.05) is 11.4 Å². The molecule has 1 aliphatic rings. The van der Waals surface area contributed by atoms with Crippen molar-refractivity contribution in [1.82, 2.24) is 9.55 Å². The number of carbonyl (C=O) groups excluding carboxylic acids is 1. The normalized spacial score (nSPS) is 13.6. The van der Waals surface area contributed by atoms with E-state index in [1.165, 1.54) is 11.3 Å². The smallest absolute Gasteiger partial charge is 0.268 e. The number of anilines is 1. The first-order valence-corrected chi connectivity index (χ1v) is 10.2. The molecule has 0 radical (unpaired) electrons. The Hall–Kier alpha value is -2.47. The fourth-order valence-electron chi connectivity index (χ4n) is 3.80. The summed E-state index contributed by atoms with van der Waals surface area (Å²) in [6.07, 6.45) is 2.90. The molecule has 0 spiro atoms. The minimum atomic E-state index is -0.0639. The summed E-state index contributed by atoms with van der Waals surface area (Å²) in [6, 6.07) is 7.93. The van der Waals surface area contributed by atoms with Crippen LogP contribution in [0, 0.1) is 13.8 Å². The van der Waals surface area contributed by atoms with Crippen LogP contribution >= 0.6 is 11.3 Å². The summed E-state index contributed by atoms with van der Waals surface area (Å²) < 4.78 is 1.79. The van der Waals surface area contributed by atoms with Gasteiger partial charge in [0.05, 0.1) is 10.3 Å². The first-order valence-electron chi connectivity index (χ1n) is 9.42. The van der Waals surface area contributed by atoms with Crippen molar-refractivity contribution < 1.29 is 4.79 Å². The minimum Gasteiger partial charge on any atom is -0.308 e. The van der Waals surface area contributed by atoms with E-state index in [-0.39, 0.29) is 11.5 Å². The topological polar surface area (TPSA) is 55.2 Å². The number of benzene rings is 1. The predicted molar refractivity (Wildman–Crippen MR) is 110 cm³/mol. The monoisotopic (exact) mass is 381 g/mol. The van der Waals surface area contributed by atoms with Gasteiger partial charge in [0.15, 0.2) is 0 Å². The molecule has 1 amide bonds. The third-order valence-electron chi connectivity index (χ3n) is 5.23. The number of hydrogen-bond donors (Lipinski definition) is 0. The lowest BCUT2D eigenvalue weighted by molar-refractivity contribution is 0.0991. The Morgan fingerprint density at radius 3 is 2.85 bits per heavy atom. The molecule has 0 saturated carbocycles. The summed E-state index contributed by atoms with van der Waals surface area (Å²) in [7, 11) is 0. The van der Waals surface area contributed by atoms with Crippen LogP contribution in [-0.2, 0) is 13.0 Å². The fourth-order valence-corrected chi connectivity index (χ4v) is 4.94. The number of rotatable bonds is 3.